The summed E-state index contributed by atoms with van der Waals surface area (Å²) in [5, 5.41) is 31.9. The van der Waals surface area contributed by atoms with Crippen molar-refractivity contribution in [2.24, 2.45) is 0 Å². The van der Waals surface area contributed by atoms with Crippen molar-refractivity contribution in [2.45, 2.75) is 236 Å². The lowest BCUT2D eigenvalue weighted by Gasteiger charge is -2.44. The zero-order valence-electron chi connectivity index (χ0n) is 38.5. The summed E-state index contributed by atoms with van der Waals surface area (Å²) in [6.07, 6.45) is 13.8. The van der Waals surface area contributed by atoms with E-state index in [4.69, 9.17) is 18.5 Å². The SMILES string of the molecule is CCCCCCCCCCCCCCCC(=O)O[C@@H](COC(=O)CCCCCCCCCCCCCCCCS)COP(=O)(O)OC1C(O)[C@@H](OP(=O)(O)O)C(OP(=O)(O)O)[C@@H](O)[C@H]1O. The molecule has 0 saturated heterocycles. The molecule has 1 fully saturated rings. The molecule has 1 saturated carbocycles. The predicted molar refractivity (Wildman–Crippen MR) is 247 cm³/mol. The van der Waals surface area contributed by atoms with Crippen molar-refractivity contribution in [2.75, 3.05) is 19.0 Å². The number of carbonyl (C=O) groups is 2. The van der Waals surface area contributed by atoms with Gasteiger partial charge in [0, 0.05) is 12.8 Å². The number of rotatable bonds is 42. The van der Waals surface area contributed by atoms with Crippen molar-refractivity contribution < 1.29 is 90.6 Å². The van der Waals surface area contributed by atoms with Gasteiger partial charge >= 0.3 is 35.4 Å². The van der Waals surface area contributed by atoms with Gasteiger partial charge in [-0.2, -0.15) is 12.6 Å². The summed E-state index contributed by atoms with van der Waals surface area (Å²) in [4.78, 5) is 73.2. The van der Waals surface area contributed by atoms with Gasteiger partial charge in [-0.25, -0.2) is 13.7 Å². The van der Waals surface area contributed by atoms with E-state index in [1.807, 2.05) is 0 Å². The van der Waals surface area contributed by atoms with Crippen molar-refractivity contribution in [1.29, 1.82) is 0 Å². The molecule has 4 unspecified atom stereocenters. The van der Waals surface area contributed by atoms with Crippen LogP contribution in [0.5, 0.6) is 0 Å². The van der Waals surface area contributed by atoms with E-state index < -0.39 is 91.3 Å². The molecule has 0 aromatic rings. The van der Waals surface area contributed by atoms with E-state index in [1.54, 1.807) is 0 Å². The summed E-state index contributed by atoms with van der Waals surface area (Å²) in [5.41, 5.74) is 0. The average molecular weight is 1020 g/mol. The monoisotopic (exact) mass is 1020 g/mol. The van der Waals surface area contributed by atoms with Crippen molar-refractivity contribution in [3.63, 3.8) is 0 Å². The minimum absolute atomic E-state index is 0.00360. The smallest absolute Gasteiger partial charge is 0.462 e. The van der Waals surface area contributed by atoms with Gasteiger partial charge in [0.25, 0.3) is 0 Å². The number of unbranched alkanes of at least 4 members (excludes halogenated alkanes) is 25. The predicted octanol–water partition coefficient (Wildman–Crippen LogP) is 8.26. The van der Waals surface area contributed by atoms with Gasteiger partial charge in [-0.15, -0.1) is 0 Å². The maximum absolute atomic E-state index is 13.1. The number of aliphatic hydroxyl groups excluding tert-OH is 3. The summed E-state index contributed by atoms with van der Waals surface area (Å²) < 4.78 is 65.5. The van der Waals surface area contributed by atoms with Gasteiger partial charge in [0.05, 0.1) is 6.61 Å². The van der Waals surface area contributed by atoms with E-state index >= 15 is 0 Å². The first kappa shape index (κ1) is 62.5. The Morgan fingerprint density at radius 1 is 0.477 bits per heavy atom. The van der Waals surface area contributed by atoms with Crippen LogP contribution in [0.4, 0.5) is 0 Å². The van der Waals surface area contributed by atoms with Crippen molar-refractivity contribution in [1.82, 2.24) is 0 Å². The Bertz CT molecular complexity index is 1390. The van der Waals surface area contributed by atoms with Crippen LogP contribution < -0.4 is 0 Å². The Labute approximate surface area is 392 Å². The lowest BCUT2D eigenvalue weighted by Crippen LogP contribution is -2.65. The fourth-order valence-corrected chi connectivity index (χ4v) is 9.94. The van der Waals surface area contributed by atoms with Crippen molar-refractivity contribution in [3.05, 3.63) is 0 Å². The molecule has 0 aromatic carbocycles. The molecule has 386 valence electrons. The Balaban J connectivity index is 2.71. The van der Waals surface area contributed by atoms with Crippen LogP contribution in [0.3, 0.4) is 0 Å². The minimum atomic E-state index is -5.60. The number of thiol groups is 1. The molecule has 0 aromatic heterocycles. The topological polar surface area (TPSA) is 303 Å². The van der Waals surface area contributed by atoms with Crippen LogP contribution in [-0.2, 0) is 50.9 Å². The first-order chi connectivity index (χ1) is 30.8. The molecule has 0 aliphatic heterocycles. The summed E-state index contributed by atoms with van der Waals surface area (Å²) in [7, 11) is -16.6. The lowest BCUT2D eigenvalue weighted by molar-refractivity contribution is -0.213. The highest BCUT2D eigenvalue weighted by molar-refractivity contribution is 7.80. The number of phosphoric ester groups is 3. The molecule has 0 amide bonds. The second-order valence-corrected chi connectivity index (χ2v) is 21.4. The Morgan fingerprint density at radius 3 is 1.23 bits per heavy atom. The van der Waals surface area contributed by atoms with E-state index in [0.29, 0.717) is 12.8 Å². The first-order valence-corrected chi connectivity index (χ1v) is 29.1. The summed E-state index contributed by atoms with van der Waals surface area (Å²) in [6, 6.07) is 0. The third kappa shape index (κ3) is 32.9. The van der Waals surface area contributed by atoms with Crippen LogP contribution in [0.15, 0.2) is 0 Å². The summed E-state index contributed by atoms with van der Waals surface area (Å²) in [5.74, 6) is -0.333. The molecular formula is C42H83O19P3S. The van der Waals surface area contributed by atoms with Gasteiger partial charge in [-0.05, 0) is 25.0 Å². The molecule has 8 N–H and O–H groups in total. The van der Waals surface area contributed by atoms with Crippen LogP contribution in [-0.4, -0.2) is 113 Å². The maximum Gasteiger partial charge on any atom is 0.472 e. The lowest BCUT2D eigenvalue weighted by atomic mass is 9.85. The molecule has 1 rings (SSSR count). The highest BCUT2D eigenvalue weighted by Gasteiger charge is 2.56. The summed E-state index contributed by atoms with van der Waals surface area (Å²) in [6.45, 7) is 0.731. The number of ether oxygens (including phenoxy) is 2. The van der Waals surface area contributed by atoms with E-state index in [-0.39, 0.29) is 12.8 Å². The normalized spacial score (nSPS) is 21.8. The molecule has 0 bridgehead atoms. The minimum Gasteiger partial charge on any atom is -0.462 e. The molecule has 0 spiro atoms. The van der Waals surface area contributed by atoms with Gasteiger partial charge in [-0.3, -0.25) is 27.7 Å². The number of aliphatic hydroxyl groups is 3. The van der Waals surface area contributed by atoms with Gasteiger partial charge < -0.3 is 49.3 Å². The van der Waals surface area contributed by atoms with Crippen molar-refractivity contribution >= 4 is 48.0 Å². The third-order valence-corrected chi connectivity index (χ3v) is 13.6. The number of phosphoric acid groups is 3. The van der Waals surface area contributed by atoms with Crippen molar-refractivity contribution in [3.8, 4) is 0 Å². The fraction of sp³-hybridized carbons (Fsp3) is 0.952. The molecular weight excluding hydrogens is 933 g/mol. The zero-order valence-corrected chi connectivity index (χ0v) is 42.1. The van der Waals surface area contributed by atoms with Gasteiger partial charge in [0.2, 0.25) is 0 Å². The van der Waals surface area contributed by atoms with Gasteiger partial charge in [0.1, 0.15) is 43.2 Å². The molecule has 8 atom stereocenters. The third-order valence-electron chi connectivity index (χ3n) is 11.2. The van der Waals surface area contributed by atoms with E-state index in [1.165, 1.54) is 109 Å². The van der Waals surface area contributed by atoms with E-state index in [0.717, 1.165) is 57.1 Å². The first-order valence-electron chi connectivity index (χ1n) is 23.9. The van der Waals surface area contributed by atoms with Gasteiger partial charge in [0.15, 0.2) is 6.10 Å². The molecule has 1 aliphatic carbocycles. The fourth-order valence-electron chi connectivity index (χ4n) is 7.62. The van der Waals surface area contributed by atoms with Crippen LogP contribution in [0.2, 0.25) is 0 Å². The quantitative estimate of drug-likeness (QED) is 0.0120. The zero-order chi connectivity index (χ0) is 48.6. The largest absolute Gasteiger partial charge is 0.472 e. The Kier molecular flexibility index (Phi) is 35.1. The maximum atomic E-state index is 13.1. The number of esters is 2. The van der Waals surface area contributed by atoms with Crippen LogP contribution >= 0.6 is 36.1 Å². The van der Waals surface area contributed by atoms with Crippen LogP contribution in [0.25, 0.3) is 0 Å². The molecule has 23 heteroatoms. The van der Waals surface area contributed by atoms with E-state index in [9.17, 15) is 63.1 Å². The number of hydrogen-bond donors (Lipinski definition) is 9. The van der Waals surface area contributed by atoms with Crippen LogP contribution in [0.1, 0.15) is 193 Å². The number of carbonyl (C=O) groups excluding carboxylic acids is 2. The molecule has 19 nitrogen and oxygen atoms in total. The average Bonchev–Trinajstić information content (AvgIpc) is 3.23. The Hall–Kier alpha value is -0.500. The summed E-state index contributed by atoms with van der Waals surface area (Å²) >= 11 is 4.25. The molecule has 0 radical (unpaired) electrons. The Morgan fingerprint density at radius 2 is 0.831 bits per heavy atom. The van der Waals surface area contributed by atoms with E-state index in [2.05, 4.69) is 28.6 Å². The molecule has 1 aliphatic rings. The second-order valence-electron chi connectivity index (χ2n) is 17.1. The highest BCUT2D eigenvalue weighted by Crippen LogP contribution is 2.51. The second kappa shape index (κ2) is 36.4. The molecule has 65 heavy (non-hydrogen) atoms. The number of hydrogen-bond acceptors (Lipinski definition) is 15. The molecule has 0 heterocycles. The van der Waals surface area contributed by atoms with Gasteiger partial charge in [-0.1, -0.05) is 161 Å². The van der Waals surface area contributed by atoms with Crippen LogP contribution in [0, 0.1) is 0 Å². The standard InChI is InChI=1S/C42H83O19P3S/c1-2-3-4-5-6-7-8-11-15-18-21-24-27-30-36(44)58-34(32-56-35(43)29-26-23-20-17-14-12-9-10-13-16-19-22-25-28-31-65)33-57-64(54,55)61-40-37(45)38(46)41(59-62(48,49)50)42(39(40)47)60-63(51,52)53/h34,37-42,45-47,65H,2-33H2,1H3,(H,54,55)(H2,48,49,50)(H2,51,52,53)/t34-,37+,38-,39?,40?,41?,42+/m0/s1. The highest BCUT2D eigenvalue weighted by atomic mass is 32.1.